The largest absolute Gasteiger partial charge is 0.507 e. The van der Waals surface area contributed by atoms with Gasteiger partial charge in [0.05, 0.1) is 29.3 Å². The van der Waals surface area contributed by atoms with Gasteiger partial charge in [0.1, 0.15) is 11.5 Å². The molecule has 2 aromatic carbocycles. The fourth-order valence-electron chi connectivity index (χ4n) is 3.76. The summed E-state index contributed by atoms with van der Waals surface area (Å²) in [6.45, 7) is 3.05. The highest BCUT2D eigenvalue weighted by atomic mass is 35.5. The maximum absolute atomic E-state index is 13.2. The van der Waals surface area contributed by atoms with Crippen LogP contribution < -0.4 is 9.64 Å². The molecule has 4 rings (SSSR count). The van der Waals surface area contributed by atoms with Gasteiger partial charge >= 0.3 is 5.91 Å². The number of ketones is 2. The molecule has 1 atom stereocenters. The van der Waals surface area contributed by atoms with E-state index in [1.165, 1.54) is 20.1 Å². The van der Waals surface area contributed by atoms with E-state index in [2.05, 4.69) is 4.98 Å². The van der Waals surface area contributed by atoms with Crippen LogP contribution in [0.2, 0.25) is 10.0 Å². The number of anilines is 1. The Hall–Kier alpha value is -3.20. The molecule has 1 fully saturated rings. The van der Waals surface area contributed by atoms with Crippen LogP contribution in [0.15, 0.2) is 48.0 Å². The quantitative estimate of drug-likeness (QED) is 0.205. The number of halogens is 2. The van der Waals surface area contributed by atoms with Crippen LogP contribution in [0.4, 0.5) is 5.13 Å². The Morgan fingerprint density at radius 1 is 1.15 bits per heavy atom. The van der Waals surface area contributed by atoms with E-state index in [9.17, 15) is 19.5 Å². The van der Waals surface area contributed by atoms with Crippen LogP contribution in [0, 0.1) is 6.92 Å². The molecule has 1 aromatic heterocycles. The summed E-state index contributed by atoms with van der Waals surface area (Å²) in [5.74, 6) is -1.82. The van der Waals surface area contributed by atoms with E-state index in [0.717, 1.165) is 16.2 Å². The van der Waals surface area contributed by atoms with Crippen LogP contribution >= 0.6 is 34.5 Å². The summed E-state index contributed by atoms with van der Waals surface area (Å²) in [5.41, 5.74) is 0.966. The molecule has 0 radical (unpaired) electrons. The lowest BCUT2D eigenvalue weighted by Gasteiger charge is -2.24. The maximum Gasteiger partial charge on any atom is 0.301 e. The van der Waals surface area contributed by atoms with Crippen molar-refractivity contribution in [1.82, 2.24) is 4.98 Å². The van der Waals surface area contributed by atoms with Crippen molar-refractivity contribution >= 4 is 62.9 Å². The van der Waals surface area contributed by atoms with E-state index >= 15 is 0 Å². The molecule has 10 heteroatoms. The number of carbonyl (C=O) groups is 3. The molecule has 174 valence electrons. The average Bonchev–Trinajstić information content (AvgIpc) is 3.30. The molecule has 1 N–H and O–H groups in total. The third kappa shape index (κ3) is 4.09. The van der Waals surface area contributed by atoms with E-state index in [4.69, 9.17) is 27.9 Å². The van der Waals surface area contributed by atoms with Crippen LogP contribution in [-0.2, 0) is 9.59 Å². The predicted octanol–water partition coefficient (Wildman–Crippen LogP) is 5.60. The fraction of sp³-hybridized carbons (Fsp3) is 0.167. The van der Waals surface area contributed by atoms with E-state index in [1.807, 2.05) is 0 Å². The monoisotopic (exact) mass is 516 g/mol. The lowest BCUT2D eigenvalue weighted by molar-refractivity contribution is -0.132. The molecule has 3 aromatic rings. The van der Waals surface area contributed by atoms with Gasteiger partial charge in [0.15, 0.2) is 10.9 Å². The summed E-state index contributed by atoms with van der Waals surface area (Å²) in [7, 11) is 1.51. The molecule has 1 unspecified atom stereocenters. The second-order valence-electron chi connectivity index (χ2n) is 7.53. The van der Waals surface area contributed by atoms with E-state index in [1.54, 1.807) is 43.3 Å². The molecule has 0 aliphatic carbocycles. The Kier molecular flexibility index (Phi) is 6.49. The SMILES string of the molecule is COc1ccc(/C(O)=C2\C(=O)C(=O)N(c3nc(C)c(C(C)=O)s3)C2c2ccc(Cl)cc2Cl)cc1. The number of methoxy groups -OCH3 is 1. The van der Waals surface area contributed by atoms with Crippen molar-refractivity contribution in [3.05, 3.63) is 79.8 Å². The number of rotatable bonds is 5. The number of benzene rings is 2. The molecule has 1 aliphatic rings. The number of nitrogens with zero attached hydrogens (tertiary/aromatic N) is 2. The van der Waals surface area contributed by atoms with Gasteiger partial charge in [-0.15, -0.1) is 0 Å². The highest BCUT2D eigenvalue weighted by Gasteiger charge is 2.49. The fourth-order valence-corrected chi connectivity index (χ4v) is 5.26. The molecule has 1 aliphatic heterocycles. The zero-order chi connectivity index (χ0) is 24.7. The van der Waals surface area contributed by atoms with E-state index < -0.39 is 17.7 Å². The molecule has 0 bridgehead atoms. The molecule has 2 heterocycles. The number of carbonyl (C=O) groups excluding carboxylic acids is 3. The van der Waals surface area contributed by atoms with Gasteiger partial charge in [-0.3, -0.25) is 19.3 Å². The summed E-state index contributed by atoms with van der Waals surface area (Å²) >= 11 is 13.5. The highest BCUT2D eigenvalue weighted by molar-refractivity contribution is 7.18. The van der Waals surface area contributed by atoms with Crippen LogP contribution in [0.1, 0.15) is 39.5 Å². The minimum atomic E-state index is -1.09. The topological polar surface area (TPSA) is 96.8 Å². The Bertz CT molecular complexity index is 1360. The number of aryl methyl sites for hydroxylation is 1. The van der Waals surface area contributed by atoms with E-state index in [0.29, 0.717) is 32.5 Å². The van der Waals surface area contributed by atoms with Gasteiger partial charge in [-0.2, -0.15) is 0 Å². The first-order valence-electron chi connectivity index (χ1n) is 10.0. The summed E-state index contributed by atoms with van der Waals surface area (Å²) in [6, 6.07) is 9.95. The molecule has 1 amide bonds. The first-order chi connectivity index (χ1) is 16.1. The van der Waals surface area contributed by atoms with Gasteiger partial charge in [-0.05, 0) is 48.9 Å². The Morgan fingerprint density at radius 3 is 2.38 bits per heavy atom. The summed E-state index contributed by atoms with van der Waals surface area (Å²) in [6.07, 6.45) is 0. The molecule has 7 nitrogen and oxygen atoms in total. The van der Waals surface area contributed by atoms with Gasteiger partial charge in [-0.25, -0.2) is 4.98 Å². The lowest BCUT2D eigenvalue weighted by Crippen LogP contribution is -2.29. The zero-order valence-electron chi connectivity index (χ0n) is 18.3. The number of aromatic nitrogens is 1. The number of hydrogen-bond acceptors (Lipinski definition) is 7. The third-order valence-corrected chi connectivity index (χ3v) is 7.20. The Morgan fingerprint density at radius 2 is 1.82 bits per heavy atom. The summed E-state index contributed by atoms with van der Waals surface area (Å²) in [5, 5.41) is 11.9. The first-order valence-corrected chi connectivity index (χ1v) is 11.6. The average molecular weight is 517 g/mol. The maximum atomic E-state index is 13.2. The van der Waals surface area contributed by atoms with Crippen molar-refractivity contribution < 1.29 is 24.2 Å². The molecular formula is C24H18Cl2N2O5S. The van der Waals surface area contributed by atoms with Gasteiger partial charge in [0.25, 0.3) is 5.78 Å². The molecule has 0 saturated carbocycles. The Labute approximate surface area is 209 Å². The second kappa shape index (κ2) is 9.21. The van der Waals surface area contributed by atoms with Crippen LogP contribution in [0.5, 0.6) is 5.75 Å². The number of aliphatic hydroxyl groups excluding tert-OH is 1. The van der Waals surface area contributed by atoms with E-state index in [-0.39, 0.29) is 27.3 Å². The number of Topliss-reactive ketones (excluding diaryl/α,β-unsaturated/α-hetero) is 2. The minimum absolute atomic E-state index is 0.148. The van der Waals surface area contributed by atoms with Gasteiger partial charge in [0.2, 0.25) is 0 Å². The Balaban J connectivity index is 1.96. The van der Waals surface area contributed by atoms with Crippen LogP contribution in [0.3, 0.4) is 0 Å². The van der Waals surface area contributed by atoms with Crippen molar-refractivity contribution in [2.45, 2.75) is 19.9 Å². The van der Waals surface area contributed by atoms with Gasteiger partial charge in [-0.1, -0.05) is 40.6 Å². The summed E-state index contributed by atoms with van der Waals surface area (Å²) in [4.78, 5) is 44.4. The first kappa shape index (κ1) is 23.9. The van der Waals surface area contributed by atoms with Crippen molar-refractivity contribution in [2.75, 3.05) is 12.0 Å². The molecular weight excluding hydrogens is 499 g/mol. The number of aliphatic hydroxyl groups is 1. The van der Waals surface area contributed by atoms with Crippen LogP contribution in [-0.4, -0.2) is 34.7 Å². The zero-order valence-corrected chi connectivity index (χ0v) is 20.6. The van der Waals surface area contributed by atoms with Crippen molar-refractivity contribution in [2.24, 2.45) is 0 Å². The van der Waals surface area contributed by atoms with Crippen LogP contribution in [0.25, 0.3) is 5.76 Å². The molecule has 1 saturated heterocycles. The number of hydrogen-bond donors (Lipinski definition) is 1. The highest BCUT2D eigenvalue weighted by Crippen LogP contribution is 2.46. The summed E-state index contributed by atoms with van der Waals surface area (Å²) < 4.78 is 5.15. The number of ether oxygens (including phenoxy) is 1. The normalized spacial score (nSPS) is 17.3. The van der Waals surface area contributed by atoms with Crippen molar-refractivity contribution in [3.8, 4) is 5.75 Å². The number of thiazole rings is 1. The smallest absolute Gasteiger partial charge is 0.301 e. The van der Waals surface area contributed by atoms with Gasteiger partial charge in [0, 0.05) is 22.5 Å². The standard InChI is InChI=1S/C24H18Cl2N2O5S/c1-11-22(12(2)29)34-24(27-11)28-19(16-9-6-14(25)10-17(16)26)18(21(31)23(28)32)20(30)13-4-7-15(33-3)8-5-13/h4-10,19,30H,1-3H3/b20-18+. The predicted molar refractivity (Wildman–Crippen MR) is 131 cm³/mol. The molecule has 34 heavy (non-hydrogen) atoms. The van der Waals surface area contributed by atoms with Gasteiger partial charge < -0.3 is 9.84 Å². The second-order valence-corrected chi connectivity index (χ2v) is 9.35. The lowest BCUT2D eigenvalue weighted by atomic mass is 9.95. The number of amides is 1. The minimum Gasteiger partial charge on any atom is -0.507 e. The third-order valence-electron chi connectivity index (χ3n) is 5.38. The molecule has 0 spiro atoms. The van der Waals surface area contributed by atoms with Crippen molar-refractivity contribution in [3.63, 3.8) is 0 Å². The van der Waals surface area contributed by atoms with Crippen molar-refractivity contribution in [1.29, 1.82) is 0 Å².